The largest absolute Gasteiger partial charge is 0.377 e. The molecular formula is C14H24N4O. The zero-order chi connectivity index (χ0) is 14.0. The first kappa shape index (κ1) is 14.1. The molecule has 5 nitrogen and oxygen atoms in total. The summed E-state index contributed by atoms with van der Waals surface area (Å²) in [5.41, 5.74) is 1.07. The third-order valence-electron chi connectivity index (χ3n) is 3.62. The highest BCUT2D eigenvalue weighted by atomic mass is 16.5. The van der Waals surface area contributed by atoms with Gasteiger partial charge in [0.15, 0.2) is 0 Å². The van der Waals surface area contributed by atoms with Crippen LogP contribution in [-0.4, -0.2) is 42.3 Å². The standard InChI is InChI=1S/C14H24N4O/c1-6-11-16-12(15-5)10(2)13(17-11)18-7-8-19-9-14(18,3)4/h6-9H2,1-5H3,(H,15,16,17). The molecule has 0 radical (unpaired) electrons. The number of aryl methyl sites for hydroxylation is 1. The maximum Gasteiger partial charge on any atom is 0.137 e. The molecule has 0 unspecified atom stereocenters. The molecule has 1 saturated heterocycles. The Morgan fingerprint density at radius 2 is 2.11 bits per heavy atom. The molecule has 0 saturated carbocycles. The molecule has 1 N–H and O–H groups in total. The number of hydrogen-bond acceptors (Lipinski definition) is 5. The number of rotatable bonds is 3. The predicted octanol–water partition coefficient (Wildman–Crippen LogP) is 2.00. The minimum Gasteiger partial charge on any atom is -0.377 e. The lowest BCUT2D eigenvalue weighted by Gasteiger charge is -2.43. The molecule has 1 aromatic heterocycles. The molecule has 1 aliphatic rings. The van der Waals surface area contributed by atoms with Gasteiger partial charge in [-0.05, 0) is 20.8 Å². The van der Waals surface area contributed by atoms with Crippen molar-refractivity contribution in [3.8, 4) is 0 Å². The van der Waals surface area contributed by atoms with Crippen molar-refractivity contribution in [3.63, 3.8) is 0 Å². The van der Waals surface area contributed by atoms with E-state index in [1.54, 1.807) is 0 Å². The lowest BCUT2D eigenvalue weighted by atomic mass is 10.0. The fourth-order valence-electron chi connectivity index (χ4n) is 2.47. The van der Waals surface area contributed by atoms with E-state index in [2.05, 4.69) is 42.9 Å². The predicted molar refractivity (Wildman–Crippen MR) is 77.9 cm³/mol. The van der Waals surface area contributed by atoms with Crippen molar-refractivity contribution in [1.29, 1.82) is 0 Å². The van der Waals surface area contributed by atoms with Crippen LogP contribution < -0.4 is 10.2 Å². The van der Waals surface area contributed by atoms with E-state index in [4.69, 9.17) is 9.72 Å². The molecule has 1 aliphatic heterocycles. The Hall–Kier alpha value is -1.36. The van der Waals surface area contributed by atoms with Crippen molar-refractivity contribution in [2.45, 2.75) is 39.7 Å². The Morgan fingerprint density at radius 3 is 2.68 bits per heavy atom. The Bertz CT molecular complexity index is 459. The van der Waals surface area contributed by atoms with Crippen LogP contribution >= 0.6 is 0 Å². The van der Waals surface area contributed by atoms with Crippen LogP contribution in [0.2, 0.25) is 0 Å². The second kappa shape index (κ2) is 5.33. The molecule has 0 spiro atoms. The molecule has 106 valence electrons. The van der Waals surface area contributed by atoms with Crippen LogP contribution in [0, 0.1) is 6.92 Å². The topological polar surface area (TPSA) is 50.3 Å². The van der Waals surface area contributed by atoms with Gasteiger partial charge in [0.1, 0.15) is 17.5 Å². The number of nitrogens with zero attached hydrogens (tertiary/aromatic N) is 3. The summed E-state index contributed by atoms with van der Waals surface area (Å²) in [5, 5.41) is 3.17. The highest BCUT2D eigenvalue weighted by Gasteiger charge is 2.33. The highest BCUT2D eigenvalue weighted by Crippen LogP contribution is 2.30. The van der Waals surface area contributed by atoms with E-state index < -0.39 is 0 Å². The van der Waals surface area contributed by atoms with Gasteiger partial charge >= 0.3 is 0 Å². The first-order chi connectivity index (χ1) is 8.99. The average Bonchev–Trinajstić information content (AvgIpc) is 2.39. The van der Waals surface area contributed by atoms with Gasteiger partial charge in [0, 0.05) is 25.6 Å². The van der Waals surface area contributed by atoms with Gasteiger partial charge in [-0.25, -0.2) is 9.97 Å². The normalized spacial score (nSPS) is 18.5. The quantitative estimate of drug-likeness (QED) is 0.905. The van der Waals surface area contributed by atoms with Crippen molar-refractivity contribution < 1.29 is 4.74 Å². The van der Waals surface area contributed by atoms with Crippen molar-refractivity contribution in [2.75, 3.05) is 37.0 Å². The molecule has 5 heteroatoms. The summed E-state index contributed by atoms with van der Waals surface area (Å²) in [6, 6.07) is 0. The molecule has 2 rings (SSSR count). The van der Waals surface area contributed by atoms with E-state index in [1.807, 2.05) is 7.05 Å². The van der Waals surface area contributed by atoms with Crippen molar-refractivity contribution in [3.05, 3.63) is 11.4 Å². The zero-order valence-corrected chi connectivity index (χ0v) is 12.6. The minimum absolute atomic E-state index is 0.0343. The number of nitrogens with one attached hydrogen (secondary N) is 1. The lowest BCUT2D eigenvalue weighted by Crippen LogP contribution is -2.53. The Balaban J connectivity index is 2.48. The van der Waals surface area contributed by atoms with E-state index in [0.29, 0.717) is 0 Å². The monoisotopic (exact) mass is 264 g/mol. The second-order valence-corrected chi connectivity index (χ2v) is 5.56. The van der Waals surface area contributed by atoms with Crippen LogP contribution in [0.25, 0.3) is 0 Å². The van der Waals surface area contributed by atoms with Gasteiger partial charge in [-0.3, -0.25) is 0 Å². The van der Waals surface area contributed by atoms with Crippen LogP contribution in [0.3, 0.4) is 0 Å². The van der Waals surface area contributed by atoms with Gasteiger partial charge in [0.05, 0.1) is 18.8 Å². The molecule has 2 heterocycles. The van der Waals surface area contributed by atoms with Gasteiger partial charge in [-0.15, -0.1) is 0 Å². The van der Waals surface area contributed by atoms with Crippen molar-refractivity contribution in [1.82, 2.24) is 9.97 Å². The lowest BCUT2D eigenvalue weighted by molar-refractivity contribution is 0.0638. The van der Waals surface area contributed by atoms with E-state index >= 15 is 0 Å². The second-order valence-electron chi connectivity index (χ2n) is 5.56. The van der Waals surface area contributed by atoms with Crippen molar-refractivity contribution >= 4 is 11.6 Å². The fraction of sp³-hybridized carbons (Fsp3) is 0.714. The Kier molecular flexibility index (Phi) is 3.94. The summed E-state index contributed by atoms with van der Waals surface area (Å²) >= 11 is 0. The summed E-state index contributed by atoms with van der Waals surface area (Å²) in [6.07, 6.45) is 0.840. The van der Waals surface area contributed by atoms with Gasteiger partial charge in [0.2, 0.25) is 0 Å². The summed E-state index contributed by atoms with van der Waals surface area (Å²) in [7, 11) is 1.91. The number of aromatic nitrogens is 2. The van der Waals surface area contributed by atoms with E-state index in [0.717, 1.165) is 49.2 Å². The first-order valence-corrected chi connectivity index (χ1v) is 6.90. The smallest absolute Gasteiger partial charge is 0.137 e. The van der Waals surface area contributed by atoms with Crippen LogP contribution in [-0.2, 0) is 11.2 Å². The van der Waals surface area contributed by atoms with Crippen LogP contribution in [0.4, 0.5) is 11.6 Å². The number of anilines is 2. The number of ether oxygens (including phenoxy) is 1. The molecule has 0 aliphatic carbocycles. The molecule has 0 amide bonds. The third-order valence-corrected chi connectivity index (χ3v) is 3.62. The minimum atomic E-state index is -0.0343. The number of morpholine rings is 1. The molecule has 0 bridgehead atoms. The third kappa shape index (κ3) is 2.66. The van der Waals surface area contributed by atoms with Crippen LogP contribution in [0.5, 0.6) is 0 Å². The number of hydrogen-bond donors (Lipinski definition) is 1. The molecule has 19 heavy (non-hydrogen) atoms. The molecule has 0 aromatic carbocycles. The Morgan fingerprint density at radius 1 is 1.37 bits per heavy atom. The van der Waals surface area contributed by atoms with E-state index in [-0.39, 0.29) is 5.54 Å². The summed E-state index contributed by atoms with van der Waals surface area (Å²) in [4.78, 5) is 11.6. The highest BCUT2D eigenvalue weighted by molar-refractivity contribution is 5.59. The maximum absolute atomic E-state index is 5.59. The van der Waals surface area contributed by atoms with Gasteiger partial charge in [-0.2, -0.15) is 0 Å². The Labute approximate surface area is 115 Å². The zero-order valence-electron chi connectivity index (χ0n) is 12.6. The molecule has 1 aromatic rings. The van der Waals surface area contributed by atoms with Crippen LogP contribution in [0.1, 0.15) is 32.2 Å². The maximum atomic E-state index is 5.59. The van der Waals surface area contributed by atoms with Gasteiger partial charge in [-0.1, -0.05) is 6.92 Å². The van der Waals surface area contributed by atoms with Gasteiger partial charge < -0.3 is 15.0 Å². The molecule has 0 atom stereocenters. The molecule has 1 fully saturated rings. The van der Waals surface area contributed by atoms with E-state index in [9.17, 15) is 0 Å². The van der Waals surface area contributed by atoms with Crippen molar-refractivity contribution in [2.24, 2.45) is 0 Å². The summed E-state index contributed by atoms with van der Waals surface area (Å²) in [5.74, 6) is 2.83. The first-order valence-electron chi connectivity index (χ1n) is 6.90. The molecular weight excluding hydrogens is 240 g/mol. The summed E-state index contributed by atoms with van der Waals surface area (Å²) < 4.78 is 5.59. The average molecular weight is 264 g/mol. The SMILES string of the molecule is CCc1nc(NC)c(C)c(N2CCOCC2(C)C)n1. The summed E-state index contributed by atoms with van der Waals surface area (Å²) in [6.45, 7) is 10.9. The van der Waals surface area contributed by atoms with E-state index in [1.165, 1.54) is 0 Å². The van der Waals surface area contributed by atoms with Crippen LogP contribution in [0.15, 0.2) is 0 Å². The van der Waals surface area contributed by atoms with Gasteiger partial charge in [0.25, 0.3) is 0 Å². The fourth-order valence-corrected chi connectivity index (χ4v) is 2.47.